The Morgan fingerprint density at radius 2 is 2.24 bits per heavy atom. The maximum atomic E-state index is 11.5. The lowest BCUT2D eigenvalue weighted by atomic mass is 9.92. The van der Waals surface area contributed by atoms with Gasteiger partial charge in [0.1, 0.15) is 0 Å². The molecule has 1 aliphatic rings. The zero-order valence-electron chi connectivity index (χ0n) is 12.6. The Balaban J connectivity index is 2.04. The third-order valence-electron chi connectivity index (χ3n) is 3.89. The van der Waals surface area contributed by atoms with Gasteiger partial charge in [0, 0.05) is 25.3 Å². The van der Waals surface area contributed by atoms with Gasteiger partial charge in [0.05, 0.1) is 16.8 Å². The van der Waals surface area contributed by atoms with E-state index >= 15 is 0 Å². The number of benzene rings is 1. The fraction of sp³-hybridized carbons (Fsp3) is 0.562. The summed E-state index contributed by atoms with van der Waals surface area (Å²) in [5.41, 5.74) is 1.64. The number of hydrogen-bond acceptors (Lipinski definition) is 3. The lowest BCUT2D eigenvalue weighted by Crippen LogP contribution is -2.31. The van der Waals surface area contributed by atoms with Gasteiger partial charge in [0.2, 0.25) is 5.91 Å². The van der Waals surface area contributed by atoms with E-state index in [0.29, 0.717) is 23.6 Å². The minimum Gasteiger partial charge on any atom is -0.381 e. The van der Waals surface area contributed by atoms with Crippen LogP contribution < -0.4 is 10.6 Å². The van der Waals surface area contributed by atoms with Crippen LogP contribution in [0.2, 0.25) is 5.02 Å². The molecule has 2 rings (SSSR count). The summed E-state index contributed by atoms with van der Waals surface area (Å²) in [5.74, 6) is 0.000357. The molecule has 0 spiro atoms. The largest absolute Gasteiger partial charge is 0.381 e. The average molecular weight is 311 g/mol. The Hall–Kier alpha value is -1.26. The van der Waals surface area contributed by atoms with Crippen LogP contribution in [0.5, 0.6) is 0 Å². The van der Waals surface area contributed by atoms with Gasteiger partial charge in [0.25, 0.3) is 0 Å². The van der Waals surface area contributed by atoms with E-state index < -0.39 is 0 Å². The zero-order valence-corrected chi connectivity index (χ0v) is 13.4. The van der Waals surface area contributed by atoms with Crippen LogP contribution in [0, 0.1) is 0 Å². The fourth-order valence-electron chi connectivity index (χ4n) is 2.67. The first-order chi connectivity index (χ1) is 10.1. The Morgan fingerprint density at radius 3 is 2.95 bits per heavy atom. The lowest BCUT2D eigenvalue weighted by molar-refractivity contribution is -0.115. The van der Waals surface area contributed by atoms with Crippen molar-refractivity contribution in [3.8, 4) is 0 Å². The number of nitrogens with one attached hydrogen (secondary N) is 2. The van der Waals surface area contributed by atoms with Gasteiger partial charge in [-0.25, -0.2) is 0 Å². The minimum absolute atomic E-state index is 0.000357. The Morgan fingerprint density at radius 1 is 1.43 bits per heavy atom. The van der Waals surface area contributed by atoms with Crippen LogP contribution in [0.1, 0.15) is 39.0 Å². The van der Waals surface area contributed by atoms with Crippen molar-refractivity contribution in [2.75, 3.05) is 17.7 Å². The zero-order chi connectivity index (χ0) is 15.2. The maximum absolute atomic E-state index is 11.5. The van der Waals surface area contributed by atoms with Gasteiger partial charge in [-0.15, -0.1) is 0 Å². The second kappa shape index (κ2) is 7.66. The molecule has 1 aromatic carbocycles. The predicted octanol–water partition coefficient (Wildman–Crippen LogP) is 4.06. The van der Waals surface area contributed by atoms with Crippen molar-refractivity contribution in [3.05, 3.63) is 23.2 Å². The molecule has 2 atom stereocenters. The monoisotopic (exact) mass is 310 g/mol. The number of carbonyl (C=O) groups is 1. The molecule has 1 aliphatic carbocycles. The number of ether oxygens (including phenoxy) is 1. The van der Waals surface area contributed by atoms with Gasteiger partial charge in [-0.05, 0) is 43.9 Å². The predicted molar refractivity (Wildman–Crippen MR) is 87.0 cm³/mol. The molecule has 1 amide bonds. The van der Waals surface area contributed by atoms with Crippen molar-refractivity contribution >= 4 is 28.9 Å². The van der Waals surface area contributed by atoms with Crippen molar-refractivity contribution in [1.82, 2.24) is 0 Å². The number of rotatable bonds is 5. The van der Waals surface area contributed by atoms with E-state index in [9.17, 15) is 4.79 Å². The molecular weight excluding hydrogens is 288 g/mol. The highest BCUT2D eigenvalue weighted by Crippen LogP contribution is 2.30. The Kier molecular flexibility index (Phi) is 5.88. The second-order valence-electron chi connectivity index (χ2n) is 5.46. The van der Waals surface area contributed by atoms with E-state index in [0.717, 1.165) is 37.1 Å². The van der Waals surface area contributed by atoms with E-state index in [4.69, 9.17) is 16.3 Å². The molecule has 2 N–H and O–H groups in total. The molecule has 0 radical (unpaired) electrons. The summed E-state index contributed by atoms with van der Waals surface area (Å²) in [7, 11) is 1.76. The highest BCUT2D eigenvalue weighted by atomic mass is 35.5. The fourth-order valence-corrected chi connectivity index (χ4v) is 2.85. The summed E-state index contributed by atoms with van der Waals surface area (Å²) < 4.78 is 5.45. The molecule has 0 aliphatic heterocycles. The molecule has 0 aromatic heterocycles. The van der Waals surface area contributed by atoms with Crippen LogP contribution in [-0.2, 0) is 9.53 Å². The number of amides is 1. The van der Waals surface area contributed by atoms with Gasteiger partial charge in [-0.1, -0.05) is 18.5 Å². The maximum Gasteiger partial charge on any atom is 0.224 e. The molecule has 1 aromatic rings. The molecule has 0 heterocycles. The molecule has 1 saturated carbocycles. The quantitative estimate of drug-likeness (QED) is 0.862. The van der Waals surface area contributed by atoms with Gasteiger partial charge in [0.15, 0.2) is 0 Å². The lowest BCUT2D eigenvalue weighted by Gasteiger charge is -2.30. The van der Waals surface area contributed by atoms with Gasteiger partial charge >= 0.3 is 0 Å². The van der Waals surface area contributed by atoms with Crippen molar-refractivity contribution in [2.24, 2.45) is 0 Å². The third-order valence-corrected chi connectivity index (χ3v) is 4.22. The van der Waals surface area contributed by atoms with E-state index in [2.05, 4.69) is 10.6 Å². The van der Waals surface area contributed by atoms with Crippen LogP contribution in [-0.4, -0.2) is 25.2 Å². The van der Waals surface area contributed by atoms with Crippen molar-refractivity contribution in [1.29, 1.82) is 0 Å². The summed E-state index contributed by atoms with van der Waals surface area (Å²) in [6, 6.07) is 5.89. The average Bonchev–Trinajstić information content (AvgIpc) is 2.50. The normalized spacial score (nSPS) is 21.9. The van der Waals surface area contributed by atoms with Crippen LogP contribution in [0.4, 0.5) is 11.4 Å². The van der Waals surface area contributed by atoms with E-state index in [1.807, 2.05) is 25.1 Å². The van der Waals surface area contributed by atoms with Gasteiger partial charge < -0.3 is 15.4 Å². The molecule has 2 unspecified atom stereocenters. The van der Waals surface area contributed by atoms with Crippen LogP contribution >= 0.6 is 11.6 Å². The Bertz CT molecular complexity index is 493. The number of halogens is 1. The summed E-state index contributed by atoms with van der Waals surface area (Å²) in [5, 5.41) is 7.01. The summed E-state index contributed by atoms with van der Waals surface area (Å²) >= 11 is 6.25. The van der Waals surface area contributed by atoms with Gasteiger partial charge in [-0.2, -0.15) is 0 Å². The van der Waals surface area contributed by atoms with Crippen molar-refractivity contribution in [2.45, 2.75) is 51.2 Å². The molecule has 5 heteroatoms. The molecule has 0 saturated heterocycles. The number of methoxy groups -OCH3 is 1. The smallest absolute Gasteiger partial charge is 0.224 e. The first kappa shape index (κ1) is 16.1. The van der Waals surface area contributed by atoms with Crippen molar-refractivity contribution < 1.29 is 9.53 Å². The summed E-state index contributed by atoms with van der Waals surface area (Å²) in [6.07, 6.45) is 5.15. The molecular formula is C16H23ClN2O2. The number of hydrogen-bond donors (Lipinski definition) is 2. The first-order valence-electron chi connectivity index (χ1n) is 7.51. The van der Waals surface area contributed by atoms with Crippen molar-refractivity contribution in [3.63, 3.8) is 0 Å². The molecule has 0 bridgehead atoms. The molecule has 1 fully saturated rings. The van der Waals surface area contributed by atoms with Crippen LogP contribution in [0.3, 0.4) is 0 Å². The van der Waals surface area contributed by atoms with Crippen LogP contribution in [0.25, 0.3) is 0 Å². The molecule has 4 nitrogen and oxygen atoms in total. The third kappa shape index (κ3) is 4.61. The molecule has 116 valence electrons. The van der Waals surface area contributed by atoms with Crippen LogP contribution in [0.15, 0.2) is 18.2 Å². The SMILES string of the molecule is CCC(=O)Nc1ccc(Cl)c(NC2CCCC(OC)C2)c1. The highest BCUT2D eigenvalue weighted by molar-refractivity contribution is 6.33. The molecule has 21 heavy (non-hydrogen) atoms. The summed E-state index contributed by atoms with van der Waals surface area (Å²) in [4.78, 5) is 11.5. The van der Waals surface area contributed by atoms with E-state index in [-0.39, 0.29) is 5.91 Å². The highest BCUT2D eigenvalue weighted by Gasteiger charge is 2.22. The Labute approximate surface area is 131 Å². The van der Waals surface area contributed by atoms with Gasteiger partial charge in [-0.3, -0.25) is 4.79 Å². The van der Waals surface area contributed by atoms with E-state index in [1.165, 1.54) is 0 Å². The second-order valence-corrected chi connectivity index (χ2v) is 5.87. The first-order valence-corrected chi connectivity index (χ1v) is 7.89. The number of anilines is 2. The standard InChI is InChI=1S/C16H23ClN2O2/c1-3-16(20)19-12-7-8-14(17)15(10-12)18-11-5-4-6-13(9-11)21-2/h7-8,10-11,13,18H,3-6,9H2,1-2H3,(H,19,20). The summed E-state index contributed by atoms with van der Waals surface area (Å²) in [6.45, 7) is 1.83. The topological polar surface area (TPSA) is 50.4 Å². The van der Waals surface area contributed by atoms with E-state index in [1.54, 1.807) is 7.11 Å². The minimum atomic E-state index is 0.000357. The number of carbonyl (C=O) groups excluding carboxylic acids is 1.